The van der Waals surface area contributed by atoms with Crippen LogP contribution in [0.2, 0.25) is 0 Å². The molecule has 5 rings (SSSR count). The Morgan fingerprint density at radius 2 is 0.963 bits per heavy atom. The summed E-state index contributed by atoms with van der Waals surface area (Å²) in [4.78, 5) is 3.27. The zero-order valence-electron chi connectivity index (χ0n) is 14.9. The Labute approximate surface area is 158 Å². The Bertz CT molecular complexity index is 1140. The number of benzene rings is 4. The monoisotopic (exact) mass is 345 g/mol. The van der Waals surface area contributed by atoms with E-state index in [0.717, 1.165) is 0 Å². The molecule has 27 heavy (non-hydrogen) atoms. The van der Waals surface area contributed by atoms with Gasteiger partial charge in [-0.1, -0.05) is 66.7 Å². The normalized spacial score (nSPS) is 11.0. The predicted molar refractivity (Wildman–Crippen MR) is 115 cm³/mol. The maximum Gasteiger partial charge on any atom is 0.0454 e. The van der Waals surface area contributed by atoms with E-state index in [4.69, 9.17) is 0 Å². The zero-order valence-corrected chi connectivity index (χ0v) is 14.9. The fourth-order valence-corrected chi connectivity index (χ4v) is 3.62. The van der Waals surface area contributed by atoms with Gasteiger partial charge in [0.05, 0.1) is 0 Å². The molecule has 5 aromatic rings. The summed E-state index contributed by atoms with van der Waals surface area (Å²) in [6.07, 6.45) is 1.99. The van der Waals surface area contributed by atoms with Gasteiger partial charge in [-0.15, -0.1) is 0 Å². The Morgan fingerprint density at radius 1 is 0.407 bits per heavy atom. The molecule has 0 atom stereocenters. The van der Waals surface area contributed by atoms with E-state index in [2.05, 4.69) is 108 Å². The van der Waals surface area contributed by atoms with E-state index in [1.807, 2.05) is 6.20 Å². The summed E-state index contributed by atoms with van der Waals surface area (Å²) in [5.41, 5.74) is 8.58. The highest BCUT2D eigenvalue weighted by Gasteiger charge is 2.08. The van der Waals surface area contributed by atoms with Gasteiger partial charge >= 0.3 is 0 Å². The van der Waals surface area contributed by atoms with E-state index < -0.39 is 0 Å². The SMILES string of the molecule is c1ccc(-c2cc(-c3ccccc3)cc(-c3ccc4[nH]ccc4c3)c2)cc1. The van der Waals surface area contributed by atoms with Crippen LogP contribution in [0.4, 0.5) is 0 Å². The first-order valence-electron chi connectivity index (χ1n) is 9.20. The smallest absolute Gasteiger partial charge is 0.0454 e. The molecule has 0 aliphatic heterocycles. The minimum Gasteiger partial charge on any atom is -0.361 e. The maximum absolute atomic E-state index is 3.27. The van der Waals surface area contributed by atoms with E-state index in [-0.39, 0.29) is 0 Å². The van der Waals surface area contributed by atoms with Crippen LogP contribution in [-0.2, 0) is 0 Å². The van der Waals surface area contributed by atoms with Crippen molar-refractivity contribution in [2.45, 2.75) is 0 Å². The number of aromatic amines is 1. The maximum atomic E-state index is 3.27. The van der Waals surface area contributed by atoms with Crippen LogP contribution >= 0.6 is 0 Å². The molecule has 0 fully saturated rings. The number of aromatic nitrogens is 1. The molecule has 0 saturated carbocycles. The lowest BCUT2D eigenvalue weighted by Crippen LogP contribution is -1.86. The molecular formula is C26H19N. The third-order valence-corrected chi connectivity index (χ3v) is 5.03. The quantitative estimate of drug-likeness (QED) is 0.357. The first kappa shape index (κ1) is 15.7. The van der Waals surface area contributed by atoms with Crippen molar-refractivity contribution in [3.8, 4) is 33.4 Å². The predicted octanol–water partition coefficient (Wildman–Crippen LogP) is 7.17. The lowest BCUT2D eigenvalue weighted by atomic mass is 9.93. The van der Waals surface area contributed by atoms with Gasteiger partial charge in [-0.05, 0) is 75.2 Å². The molecule has 4 aromatic carbocycles. The minimum absolute atomic E-state index is 1.17. The van der Waals surface area contributed by atoms with Gasteiger partial charge in [0.2, 0.25) is 0 Å². The summed E-state index contributed by atoms with van der Waals surface area (Å²) in [6, 6.07) is 36.8. The second-order valence-electron chi connectivity index (χ2n) is 6.81. The first-order valence-corrected chi connectivity index (χ1v) is 9.20. The number of hydrogen-bond donors (Lipinski definition) is 1. The Morgan fingerprint density at radius 3 is 1.56 bits per heavy atom. The van der Waals surface area contributed by atoms with Gasteiger partial charge in [-0.25, -0.2) is 0 Å². The van der Waals surface area contributed by atoms with Crippen LogP contribution in [0.15, 0.2) is 109 Å². The molecule has 1 heteroatoms. The summed E-state index contributed by atoms with van der Waals surface area (Å²) < 4.78 is 0. The number of hydrogen-bond acceptors (Lipinski definition) is 0. The third-order valence-electron chi connectivity index (χ3n) is 5.03. The van der Waals surface area contributed by atoms with Crippen molar-refractivity contribution >= 4 is 10.9 Å². The highest BCUT2D eigenvalue weighted by Crippen LogP contribution is 2.33. The van der Waals surface area contributed by atoms with Crippen LogP contribution in [0.1, 0.15) is 0 Å². The molecule has 1 N–H and O–H groups in total. The Balaban J connectivity index is 1.72. The van der Waals surface area contributed by atoms with Gasteiger partial charge in [-0.3, -0.25) is 0 Å². The standard InChI is InChI=1S/C26H19N/c1-3-7-19(8-4-1)23-16-24(20-9-5-2-6-10-20)18-25(17-23)21-11-12-26-22(15-21)13-14-27-26/h1-18,27H. The molecule has 1 aromatic heterocycles. The average Bonchev–Trinajstić information content (AvgIpc) is 3.22. The summed E-state index contributed by atoms with van der Waals surface area (Å²) in [6.45, 7) is 0. The molecular weight excluding hydrogens is 326 g/mol. The lowest BCUT2D eigenvalue weighted by Gasteiger charge is -2.11. The van der Waals surface area contributed by atoms with E-state index in [9.17, 15) is 0 Å². The van der Waals surface area contributed by atoms with Gasteiger partial charge in [0.15, 0.2) is 0 Å². The van der Waals surface area contributed by atoms with Crippen molar-refractivity contribution in [2.75, 3.05) is 0 Å². The lowest BCUT2D eigenvalue weighted by molar-refractivity contribution is 1.48. The van der Waals surface area contributed by atoms with Crippen molar-refractivity contribution in [3.05, 3.63) is 109 Å². The fraction of sp³-hybridized carbons (Fsp3) is 0. The molecule has 0 amide bonds. The summed E-state index contributed by atoms with van der Waals surface area (Å²) in [7, 11) is 0. The second-order valence-corrected chi connectivity index (χ2v) is 6.81. The van der Waals surface area contributed by atoms with Crippen LogP contribution in [-0.4, -0.2) is 4.98 Å². The molecule has 1 heterocycles. The number of nitrogens with one attached hydrogen (secondary N) is 1. The van der Waals surface area contributed by atoms with Gasteiger partial charge in [0.1, 0.15) is 0 Å². The first-order chi connectivity index (χ1) is 13.4. The van der Waals surface area contributed by atoms with Gasteiger partial charge in [-0.2, -0.15) is 0 Å². The number of fused-ring (bicyclic) bond motifs is 1. The van der Waals surface area contributed by atoms with Gasteiger partial charge in [0.25, 0.3) is 0 Å². The second kappa shape index (κ2) is 6.62. The summed E-state index contributed by atoms with van der Waals surface area (Å²) in [5, 5.41) is 1.24. The van der Waals surface area contributed by atoms with E-state index >= 15 is 0 Å². The molecule has 1 nitrogen and oxygen atoms in total. The van der Waals surface area contributed by atoms with Gasteiger partial charge < -0.3 is 4.98 Å². The molecule has 0 aliphatic carbocycles. The van der Waals surface area contributed by atoms with Crippen molar-refractivity contribution in [2.24, 2.45) is 0 Å². The number of H-pyrrole nitrogens is 1. The third kappa shape index (κ3) is 3.04. The highest BCUT2D eigenvalue weighted by atomic mass is 14.7. The summed E-state index contributed by atoms with van der Waals surface area (Å²) in [5.74, 6) is 0. The molecule has 0 aliphatic rings. The van der Waals surface area contributed by atoms with E-state index in [1.54, 1.807) is 0 Å². The molecule has 0 unspecified atom stereocenters. The van der Waals surface area contributed by atoms with Crippen molar-refractivity contribution < 1.29 is 0 Å². The molecule has 0 spiro atoms. The topological polar surface area (TPSA) is 15.8 Å². The minimum atomic E-state index is 1.17. The molecule has 128 valence electrons. The van der Waals surface area contributed by atoms with Crippen LogP contribution in [0.25, 0.3) is 44.3 Å². The highest BCUT2D eigenvalue weighted by molar-refractivity contribution is 5.87. The van der Waals surface area contributed by atoms with Crippen LogP contribution in [0.3, 0.4) is 0 Å². The Kier molecular flexibility index (Phi) is 3.84. The van der Waals surface area contributed by atoms with Crippen LogP contribution in [0.5, 0.6) is 0 Å². The fourth-order valence-electron chi connectivity index (χ4n) is 3.62. The number of rotatable bonds is 3. The van der Waals surface area contributed by atoms with Crippen LogP contribution < -0.4 is 0 Å². The van der Waals surface area contributed by atoms with Crippen LogP contribution in [0, 0.1) is 0 Å². The summed E-state index contributed by atoms with van der Waals surface area (Å²) >= 11 is 0. The van der Waals surface area contributed by atoms with Gasteiger partial charge in [0, 0.05) is 11.7 Å². The van der Waals surface area contributed by atoms with Crippen molar-refractivity contribution in [3.63, 3.8) is 0 Å². The molecule has 0 saturated heterocycles. The molecule has 0 radical (unpaired) electrons. The van der Waals surface area contributed by atoms with Crippen molar-refractivity contribution in [1.82, 2.24) is 4.98 Å². The zero-order chi connectivity index (χ0) is 18.1. The Hall–Kier alpha value is -3.58. The largest absolute Gasteiger partial charge is 0.361 e. The van der Waals surface area contributed by atoms with E-state index in [0.29, 0.717) is 0 Å². The average molecular weight is 345 g/mol. The van der Waals surface area contributed by atoms with Crippen molar-refractivity contribution in [1.29, 1.82) is 0 Å². The molecule has 0 bridgehead atoms. The van der Waals surface area contributed by atoms with E-state index in [1.165, 1.54) is 44.3 Å².